The molecule has 11 aromatic rings. The minimum Gasteiger partial charge on any atom is -0.426 e. The van der Waals surface area contributed by atoms with Gasteiger partial charge in [-0.2, -0.15) is 4.08 Å². The van der Waals surface area contributed by atoms with E-state index in [2.05, 4.69) is 0 Å². The predicted octanol–water partition coefficient (Wildman–Crippen LogP) is 16.8. The average molecular weight is 1090 g/mol. The van der Waals surface area contributed by atoms with Crippen molar-refractivity contribution >= 4 is 85.9 Å². The van der Waals surface area contributed by atoms with Gasteiger partial charge in [0, 0.05) is 21.5 Å². The Hall–Kier alpha value is -7.82. The van der Waals surface area contributed by atoms with Gasteiger partial charge in [0.15, 0.2) is 0 Å². The number of fused-ring (bicyclic) bond motifs is 4. The van der Waals surface area contributed by atoms with E-state index in [0.717, 1.165) is 54.2 Å². The summed E-state index contributed by atoms with van der Waals surface area (Å²) in [7, 11) is -14.9. The number of sulfonamides is 2. The molecular formula is C63H52N2O8P2S2. The van der Waals surface area contributed by atoms with Crippen LogP contribution in [0.3, 0.4) is 0 Å². The Balaban J connectivity index is 1.17. The summed E-state index contributed by atoms with van der Waals surface area (Å²) in [5.74, 6) is 1.49. The molecule has 384 valence electrons. The van der Waals surface area contributed by atoms with E-state index < -0.39 is 42.6 Å². The zero-order valence-electron chi connectivity index (χ0n) is 42.5. The minimum atomic E-state index is -4.70. The van der Waals surface area contributed by atoms with Gasteiger partial charge in [0.1, 0.15) is 23.0 Å². The zero-order chi connectivity index (χ0) is 53.3. The van der Waals surface area contributed by atoms with Gasteiger partial charge in [-0.15, -0.1) is 0 Å². The van der Waals surface area contributed by atoms with Crippen LogP contribution in [0.2, 0.25) is 0 Å². The van der Waals surface area contributed by atoms with Crippen molar-refractivity contribution in [1.29, 1.82) is 0 Å². The lowest BCUT2D eigenvalue weighted by molar-refractivity contribution is 0.300. The maximum absolute atomic E-state index is 16.2. The van der Waals surface area contributed by atoms with Crippen LogP contribution in [0.25, 0.3) is 43.1 Å². The molecule has 0 unspecified atom stereocenters. The number of rotatable bonds is 17. The molecule has 0 aliphatic carbocycles. The van der Waals surface area contributed by atoms with Crippen molar-refractivity contribution in [1.82, 2.24) is 4.08 Å². The van der Waals surface area contributed by atoms with Crippen LogP contribution in [0.5, 0.6) is 23.0 Å². The normalized spacial score (nSPS) is 12.2. The highest BCUT2D eigenvalue weighted by Gasteiger charge is 2.51. The Bertz CT molecular complexity index is 4020. The summed E-state index contributed by atoms with van der Waals surface area (Å²) < 4.78 is 95.7. The molecule has 0 radical (unpaired) electrons. The second-order valence-corrected chi connectivity index (χ2v) is 25.5. The molecule has 0 aliphatic heterocycles. The molecule has 14 heteroatoms. The first-order valence-electron chi connectivity index (χ1n) is 24.8. The standard InChI is InChI=1S/C63H52N2O8P2S2/c1-45-37-41-51(42-38-45)76(66,67)64(74(70-59-33-15-23-47-19-5-9-27-53(47)59)71-60-34-16-24-48-20-6-10-28-54(48)60)58-32-14-13-31-57(58)63(3,4)65(77(68,69)52-43-39-46(2)40-44-52)75(72-61-35-17-25-49-21-7-11-29-55(49)61)73-62-36-18-26-50-22-8-12-30-56(50)62/h5-44H,1-4H3. The zero-order valence-corrected chi connectivity index (χ0v) is 45.9. The highest BCUT2D eigenvalue weighted by atomic mass is 32.2. The molecule has 0 saturated heterocycles. The SMILES string of the molecule is Cc1ccc(S(=O)(=O)N(c2ccccc2C(C)(C)N(P(Oc2cccc3ccccc23)Oc2cccc3ccccc23)S(=O)(=O)c2ccc(C)cc2)P(Oc2cccc3ccccc23)Oc2cccc3ccccc23)cc1. The fourth-order valence-corrected chi connectivity index (χ4v) is 16.8. The Labute approximate surface area is 451 Å². The molecule has 77 heavy (non-hydrogen) atoms. The Morgan fingerprint density at radius 3 is 1.05 bits per heavy atom. The van der Waals surface area contributed by atoms with E-state index in [0.29, 0.717) is 23.0 Å². The molecule has 0 bridgehead atoms. The molecule has 0 amide bonds. The van der Waals surface area contributed by atoms with Crippen LogP contribution < -0.4 is 22.2 Å². The molecule has 0 aliphatic rings. The van der Waals surface area contributed by atoms with E-state index in [1.54, 1.807) is 111 Å². The van der Waals surface area contributed by atoms with Crippen LogP contribution in [-0.4, -0.2) is 20.9 Å². The molecule has 0 atom stereocenters. The number of aryl methyl sites for hydroxylation is 2. The second-order valence-electron chi connectivity index (χ2n) is 18.9. The number of hydrogen-bond acceptors (Lipinski definition) is 8. The number of hydrogen-bond donors (Lipinski definition) is 0. The van der Waals surface area contributed by atoms with Gasteiger partial charge in [-0.1, -0.05) is 203 Å². The quantitative estimate of drug-likeness (QED) is 0.0829. The van der Waals surface area contributed by atoms with Crippen molar-refractivity contribution in [2.24, 2.45) is 0 Å². The van der Waals surface area contributed by atoms with Crippen LogP contribution in [0.1, 0.15) is 30.5 Å². The van der Waals surface area contributed by atoms with Crippen molar-refractivity contribution in [3.63, 3.8) is 0 Å². The van der Waals surface area contributed by atoms with Crippen LogP contribution in [0, 0.1) is 13.8 Å². The number of nitrogens with zero attached hydrogens (tertiary/aromatic N) is 2. The van der Waals surface area contributed by atoms with Gasteiger partial charge >= 0.3 is 17.1 Å². The Morgan fingerprint density at radius 1 is 0.351 bits per heavy atom. The summed E-state index contributed by atoms with van der Waals surface area (Å²) in [6.07, 6.45) is 0. The second kappa shape index (κ2) is 21.3. The third-order valence-electron chi connectivity index (χ3n) is 13.3. The van der Waals surface area contributed by atoms with Gasteiger partial charge in [0.05, 0.1) is 21.0 Å². The Morgan fingerprint density at radius 2 is 0.662 bits per heavy atom. The molecule has 11 rings (SSSR count). The maximum atomic E-state index is 16.2. The number of anilines is 1. The summed E-state index contributed by atoms with van der Waals surface area (Å²) >= 11 is 0. The molecule has 0 aromatic heterocycles. The van der Waals surface area contributed by atoms with E-state index in [-0.39, 0.29) is 21.0 Å². The van der Waals surface area contributed by atoms with Crippen molar-refractivity contribution in [2.75, 3.05) is 4.08 Å². The summed E-state index contributed by atoms with van der Waals surface area (Å²) in [6.45, 7) is 7.24. The van der Waals surface area contributed by atoms with Gasteiger partial charge < -0.3 is 18.1 Å². The molecule has 0 fully saturated rings. The minimum absolute atomic E-state index is 0.0332. The largest absolute Gasteiger partial charge is 0.432 e. The van der Waals surface area contributed by atoms with Crippen molar-refractivity contribution in [3.8, 4) is 23.0 Å². The first kappa shape index (κ1) is 51.3. The number of para-hydroxylation sites is 1. The third kappa shape index (κ3) is 10.2. The van der Waals surface area contributed by atoms with Crippen LogP contribution in [0.4, 0.5) is 5.69 Å². The monoisotopic (exact) mass is 1090 g/mol. The van der Waals surface area contributed by atoms with Crippen molar-refractivity contribution < 1.29 is 34.9 Å². The van der Waals surface area contributed by atoms with E-state index >= 15 is 16.8 Å². The van der Waals surface area contributed by atoms with Gasteiger partial charge in [-0.25, -0.2) is 16.8 Å². The van der Waals surface area contributed by atoms with Crippen molar-refractivity contribution in [3.05, 3.63) is 259 Å². The van der Waals surface area contributed by atoms with E-state index in [9.17, 15) is 0 Å². The van der Waals surface area contributed by atoms with Gasteiger partial charge in [0.2, 0.25) is 0 Å². The summed E-state index contributed by atoms with van der Waals surface area (Å²) in [5, 5.41) is 6.37. The van der Waals surface area contributed by atoms with Gasteiger partial charge in [-0.05, 0) is 109 Å². The first-order chi connectivity index (χ1) is 37.3. The molecular weight excluding hydrogens is 1040 g/mol. The van der Waals surface area contributed by atoms with Gasteiger partial charge in [0.25, 0.3) is 20.0 Å². The van der Waals surface area contributed by atoms with E-state index in [1.165, 1.54) is 8.15 Å². The lowest BCUT2D eigenvalue weighted by Crippen LogP contribution is -2.45. The molecule has 10 nitrogen and oxygen atoms in total. The van der Waals surface area contributed by atoms with E-state index in [4.69, 9.17) is 18.1 Å². The van der Waals surface area contributed by atoms with Crippen LogP contribution >= 0.6 is 17.1 Å². The molecule has 0 saturated carbocycles. The number of benzene rings is 11. The first-order valence-corrected chi connectivity index (χ1v) is 30.0. The fraction of sp³-hybridized carbons (Fsp3) is 0.0794. The Kier molecular flexibility index (Phi) is 14.2. The fourth-order valence-electron chi connectivity index (χ4n) is 9.40. The average Bonchev–Trinajstić information content (AvgIpc) is 3.45. The highest BCUT2D eigenvalue weighted by molar-refractivity contribution is 7.99. The predicted molar refractivity (Wildman–Crippen MR) is 313 cm³/mol. The van der Waals surface area contributed by atoms with E-state index in [1.807, 2.05) is 159 Å². The van der Waals surface area contributed by atoms with Crippen molar-refractivity contribution in [2.45, 2.75) is 43.0 Å². The smallest absolute Gasteiger partial charge is 0.426 e. The molecule has 0 N–H and O–H groups in total. The lowest BCUT2D eigenvalue weighted by Gasteiger charge is -2.42. The molecule has 0 spiro atoms. The summed E-state index contributed by atoms with van der Waals surface area (Å²) in [5.41, 5.74) is 0.309. The molecule has 11 aromatic carbocycles. The lowest BCUT2D eigenvalue weighted by atomic mass is 9.94. The highest BCUT2D eigenvalue weighted by Crippen LogP contribution is 2.59. The third-order valence-corrected chi connectivity index (χ3v) is 21.5. The summed E-state index contributed by atoms with van der Waals surface area (Å²) in [6, 6.07) is 73.2. The summed E-state index contributed by atoms with van der Waals surface area (Å²) in [4.78, 5) is -0.0784. The molecule has 0 heterocycles. The van der Waals surface area contributed by atoms with Gasteiger partial charge in [-0.3, -0.25) is 0 Å². The topological polar surface area (TPSA) is 112 Å². The maximum Gasteiger partial charge on any atom is 0.432 e. The van der Waals surface area contributed by atoms with Crippen LogP contribution in [0.15, 0.2) is 252 Å². The van der Waals surface area contributed by atoms with Crippen LogP contribution in [-0.2, 0) is 25.6 Å².